The van der Waals surface area contributed by atoms with Crippen LogP contribution in [0.25, 0.3) is 5.52 Å². The Labute approximate surface area is 170 Å². The van der Waals surface area contributed by atoms with E-state index in [0.717, 1.165) is 12.2 Å². The summed E-state index contributed by atoms with van der Waals surface area (Å²) in [6.45, 7) is 7.25. The molecule has 29 heavy (non-hydrogen) atoms. The van der Waals surface area contributed by atoms with Crippen molar-refractivity contribution in [1.29, 1.82) is 0 Å². The number of benzene rings is 1. The van der Waals surface area contributed by atoms with Crippen LogP contribution < -0.4 is 15.4 Å². The Kier molecular flexibility index (Phi) is 6.49. The Morgan fingerprint density at radius 3 is 2.55 bits per heavy atom. The van der Waals surface area contributed by atoms with Gasteiger partial charge in [-0.2, -0.15) is 0 Å². The number of amides is 2. The highest BCUT2D eigenvalue weighted by molar-refractivity contribution is 6.08. The lowest BCUT2D eigenvalue weighted by Gasteiger charge is -2.06. The van der Waals surface area contributed by atoms with Crippen LogP contribution in [0.2, 0.25) is 0 Å². The highest BCUT2D eigenvalue weighted by atomic mass is 16.5. The van der Waals surface area contributed by atoms with Crippen molar-refractivity contribution >= 4 is 23.0 Å². The van der Waals surface area contributed by atoms with Crippen molar-refractivity contribution in [3.8, 4) is 5.75 Å². The van der Waals surface area contributed by atoms with E-state index in [1.807, 2.05) is 13.0 Å². The van der Waals surface area contributed by atoms with E-state index in [0.29, 0.717) is 30.3 Å². The van der Waals surface area contributed by atoms with Gasteiger partial charge in [0.25, 0.3) is 11.8 Å². The van der Waals surface area contributed by atoms with Crippen molar-refractivity contribution in [2.75, 3.05) is 18.5 Å². The van der Waals surface area contributed by atoms with E-state index in [1.54, 1.807) is 47.0 Å². The Hall–Kier alpha value is -3.35. The molecule has 0 saturated heterocycles. The molecule has 0 aliphatic rings. The molecule has 0 aliphatic heterocycles. The van der Waals surface area contributed by atoms with E-state index in [1.165, 1.54) is 0 Å². The number of nitrogens with zero attached hydrogens (tertiary/aromatic N) is 2. The molecule has 1 aromatic carbocycles. The summed E-state index contributed by atoms with van der Waals surface area (Å²) in [5.74, 6) is 0.744. The van der Waals surface area contributed by atoms with E-state index < -0.39 is 0 Å². The van der Waals surface area contributed by atoms with Crippen molar-refractivity contribution in [2.45, 2.75) is 27.2 Å². The monoisotopic (exact) mass is 394 g/mol. The molecule has 7 heteroatoms. The zero-order valence-corrected chi connectivity index (χ0v) is 16.9. The number of fused-ring (bicyclic) bond motifs is 1. The maximum Gasteiger partial charge on any atom is 0.287 e. The molecule has 2 amide bonds. The zero-order valence-electron chi connectivity index (χ0n) is 16.9. The van der Waals surface area contributed by atoms with Gasteiger partial charge in [0.05, 0.1) is 12.1 Å². The number of imidazole rings is 1. The molecule has 0 fully saturated rings. The molecular formula is C22H26N4O3. The summed E-state index contributed by atoms with van der Waals surface area (Å²) in [6.07, 6.45) is 2.60. The number of nitrogens with one attached hydrogen (secondary N) is 2. The Balaban J connectivity index is 1.81. The first-order valence-electron chi connectivity index (χ1n) is 9.79. The molecular weight excluding hydrogens is 368 g/mol. The molecule has 0 saturated carbocycles. The number of carbonyl (C=O) groups excluding carboxylic acids is 2. The minimum absolute atomic E-state index is 0.196. The number of hydrogen-bond donors (Lipinski definition) is 2. The second-order valence-corrected chi connectivity index (χ2v) is 7.09. The summed E-state index contributed by atoms with van der Waals surface area (Å²) in [5.41, 5.74) is 1.40. The van der Waals surface area contributed by atoms with Crippen LogP contribution >= 0.6 is 0 Å². The van der Waals surface area contributed by atoms with Gasteiger partial charge in [-0.3, -0.25) is 14.0 Å². The lowest BCUT2D eigenvalue weighted by molar-refractivity contribution is 0.0941. The molecule has 0 unspecified atom stereocenters. The van der Waals surface area contributed by atoms with Crippen LogP contribution in [0, 0.1) is 5.92 Å². The van der Waals surface area contributed by atoms with Gasteiger partial charge >= 0.3 is 0 Å². The fourth-order valence-corrected chi connectivity index (χ4v) is 2.91. The molecule has 7 nitrogen and oxygen atoms in total. The minimum Gasteiger partial charge on any atom is -0.494 e. The molecule has 3 rings (SSSR count). The van der Waals surface area contributed by atoms with Crippen LogP contribution in [-0.2, 0) is 0 Å². The average Bonchev–Trinajstić information content (AvgIpc) is 3.09. The SMILES string of the molecule is CCOc1ccc(NC(=O)c2nc(C(=O)NCCC(C)C)n3ccccc23)cc1. The van der Waals surface area contributed by atoms with Crippen molar-refractivity contribution in [2.24, 2.45) is 5.92 Å². The normalized spacial score (nSPS) is 10.9. The summed E-state index contributed by atoms with van der Waals surface area (Å²) in [5, 5.41) is 5.70. The first-order chi connectivity index (χ1) is 14.0. The number of rotatable bonds is 8. The third kappa shape index (κ3) is 4.93. The number of hydrogen-bond acceptors (Lipinski definition) is 4. The lowest BCUT2D eigenvalue weighted by Crippen LogP contribution is -2.27. The zero-order chi connectivity index (χ0) is 20.8. The minimum atomic E-state index is -0.376. The predicted molar refractivity (Wildman–Crippen MR) is 113 cm³/mol. The van der Waals surface area contributed by atoms with Crippen molar-refractivity contribution in [1.82, 2.24) is 14.7 Å². The number of pyridine rings is 1. The van der Waals surface area contributed by atoms with Gasteiger partial charge in [-0.1, -0.05) is 19.9 Å². The molecule has 2 N–H and O–H groups in total. The van der Waals surface area contributed by atoms with Crippen molar-refractivity contribution in [3.05, 3.63) is 60.2 Å². The van der Waals surface area contributed by atoms with Crippen LogP contribution in [-0.4, -0.2) is 34.4 Å². The van der Waals surface area contributed by atoms with Gasteiger partial charge in [-0.25, -0.2) is 4.98 Å². The highest BCUT2D eigenvalue weighted by Crippen LogP contribution is 2.18. The number of carbonyl (C=O) groups is 2. The molecule has 3 aromatic rings. The van der Waals surface area contributed by atoms with Crippen molar-refractivity contribution in [3.63, 3.8) is 0 Å². The number of anilines is 1. The van der Waals surface area contributed by atoms with Gasteiger partial charge in [0, 0.05) is 18.4 Å². The van der Waals surface area contributed by atoms with E-state index in [4.69, 9.17) is 4.74 Å². The third-order valence-corrected chi connectivity index (χ3v) is 4.40. The van der Waals surface area contributed by atoms with Gasteiger partial charge in [0.2, 0.25) is 5.82 Å². The molecule has 0 spiro atoms. The predicted octanol–water partition coefficient (Wildman–Crippen LogP) is 3.76. The smallest absolute Gasteiger partial charge is 0.287 e. The summed E-state index contributed by atoms with van der Waals surface area (Å²) in [6, 6.07) is 12.5. The maximum atomic E-state index is 12.8. The van der Waals surface area contributed by atoms with Crippen molar-refractivity contribution < 1.29 is 14.3 Å². The van der Waals surface area contributed by atoms with Crippen LogP contribution in [0.4, 0.5) is 5.69 Å². The molecule has 0 radical (unpaired) electrons. The molecule has 0 aliphatic carbocycles. The second kappa shape index (κ2) is 9.23. The van der Waals surface area contributed by atoms with Crippen LogP contribution in [0.5, 0.6) is 5.75 Å². The Morgan fingerprint density at radius 1 is 1.10 bits per heavy atom. The third-order valence-electron chi connectivity index (χ3n) is 4.40. The second-order valence-electron chi connectivity index (χ2n) is 7.09. The fraction of sp³-hybridized carbons (Fsp3) is 0.318. The van der Waals surface area contributed by atoms with Gasteiger partial charge in [0.1, 0.15) is 5.75 Å². The lowest BCUT2D eigenvalue weighted by atomic mass is 10.1. The molecule has 152 valence electrons. The van der Waals surface area contributed by atoms with Gasteiger partial charge in [0.15, 0.2) is 5.69 Å². The fourth-order valence-electron chi connectivity index (χ4n) is 2.91. The van der Waals surface area contributed by atoms with E-state index >= 15 is 0 Å². The molecule has 2 heterocycles. The summed E-state index contributed by atoms with van der Waals surface area (Å²) in [4.78, 5) is 29.8. The standard InChI is InChI=1S/C22H26N4O3/c1-4-29-17-10-8-16(9-11-17)24-21(27)19-18-7-5-6-14-26(18)20(25-19)22(28)23-13-12-15(2)3/h5-11,14-15H,4,12-13H2,1-3H3,(H,23,28)(H,24,27). The highest BCUT2D eigenvalue weighted by Gasteiger charge is 2.21. The molecule has 2 aromatic heterocycles. The van der Waals surface area contributed by atoms with Gasteiger partial charge < -0.3 is 15.4 Å². The van der Waals surface area contributed by atoms with Crippen LogP contribution in [0.1, 0.15) is 48.3 Å². The van der Waals surface area contributed by atoms with Gasteiger partial charge in [-0.05, 0) is 55.7 Å². The first kappa shape index (κ1) is 20.4. The van der Waals surface area contributed by atoms with E-state index in [2.05, 4.69) is 29.5 Å². The average molecular weight is 394 g/mol. The number of aromatic nitrogens is 2. The first-order valence-corrected chi connectivity index (χ1v) is 9.79. The van der Waals surface area contributed by atoms with E-state index in [9.17, 15) is 9.59 Å². The maximum absolute atomic E-state index is 12.8. The summed E-state index contributed by atoms with van der Waals surface area (Å²) < 4.78 is 7.05. The topological polar surface area (TPSA) is 84.7 Å². The summed E-state index contributed by atoms with van der Waals surface area (Å²) >= 11 is 0. The Morgan fingerprint density at radius 2 is 1.86 bits per heavy atom. The largest absolute Gasteiger partial charge is 0.494 e. The Bertz CT molecular complexity index is 993. The molecule has 0 atom stereocenters. The number of ether oxygens (including phenoxy) is 1. The summed E-state index contributed by atoms with van der Waals surface area (Å²) in [7, 11) is 0. The van der Waals surface area contributed by atoms with Crippen LogP contribution in [0.15, 0.2) is 48.7 Å². The van der Waals surface area contributed by atoms with Gasteiger partial charge in [-0.15, -0.1) is 0 Å². The molecule has 0 bridgehead atoms. The van der Waals surface area contributed by atoms with E-state index in [-0.39, 0.29) is 23.3 Å². The van der Waals surface area contributed by atoms with Crippen LogP contribution in [0.3, 0.4) is 0 Å². The quantitative estimate of drug-likeness (QED) is 0.609.